The maximum atomic E-state index is 12.3. The number of aromatic nitrogens is 4. The molecular weight excluding hydrogens is 258 g/mol. The molecule has 0 aromatic carbocycles. The number of hydrogen-bond acceptors (Lipinski definition) is 5. The highest BCUT2D eigenvalue weighted by molar-refractivity contribution is 5.94. The number of hydrogen-bond donors (Lipinski definition) is 2. The molecule has 2 aromatic heterocycles. The Bertz CT molecular complexity index is 651. The molecule has 1 aliphatic heterocycles. The fourth-order valence-corrected chi connectivity index (χ4v) is 2.76. The Hall–Kier alpha value is -2.02. The normalized spacial score (nSPS) is 26.0. The predicted octanol–water partition coefficient (Wildman–Crippen LogP) is 0.650. The molecule has 2 atom stereocenters. The molecule has 1 aliphatic carbocycles. The van der Waals surface area contributed by atoms with Crippen molar-refractivity contribution in [1.82, 2.24) is 25.7 Å². The molecule has 2 unspecified atom stereocenters. The number of pyridine rings is 1. The van der Waals surface area contributed by atoms with Crippen molar-refractivity contribution in [2.75, 3.05) is 6.61 Å². The Labute approximate surface area is 115 Å². The average molecular weight is 273 g/mol. The predicted molar refractivity (Wildman–Crippen MR) is 70.0 cm³/mol. The van der Waals surface area contributed by atoms with Crippen molar-refractivity contribution in [3.8, 4) is 0 Å². The van der Waals surface area contributed by atoms with Crippen molar-refractivity contribution in [3.63, 3.8) is 0 Å². The number of carbonyl (C=O) groups is 1. The summed E-state index contributed by atoms with van der Waals surface area (Å²) in [6.07, 6.45) is 3.47. The van der Waals surface area contributed by atoms with Crippen LogP contribution in [-0.2, 0) is 4.74 Å². The second-order valence-electron chi connectivity index (χ2n) is 5.40. The van der Waals surface area contributed by atoms with Crippen LogP contribution in [0.5, 0.6) is 0 Å². The molecule has 0 spiro atoms. The van der Waals surface area contributed by atoms with Gasteiger partial charge in [0.2, 0.25) is 5.65 Å². The van der Waals surface area contributed by atoms with Gasteiger partial charge in [-0.25, -0.2) is 4.98 Å². The zero-order valence-corrected chi connectivity index (χ0v) is 10.9. The maximum absolute atomic E-state index is 12.3. The lowest BCUT2D eigenvalue weighted by Gasteiger charge is -2.19. The van der Waals surface area contributed by atoms with Gasteiger partial charge >= 0.3 is 0 Å². The highest BCUT2D eigenvalue weighted by atomic mass is 16.5. The van der Waals surface area contributed by atoms with Crippen molar-refractivity contribution in [2.24, 2.45) is 5.92 Å². The molecule has 1 amide bonds. The molecule has 1 saturated heterocycles. The van der Waals surface area contributed by atoms with Crippen molar-refractivity contribution < 1.29 is 9.53 Å². The zero-order valence-electron chi connectivity index (χ0n) is 10.9. The fourth-order valence-electron chi connectivity index (χ4n) is 2.76. The van der Waals surface area contributed by atoms with Crippen LogP contribution >= 0.6 is 0 Å². The summed E-state index contributed by atoms with van der Waals surface area (Å²) in [5.74, 6) is 0.449. The van der Waals surface area contributed by atoms with E-state index < -0.39 is 0 Å². The molecule has 0 radical (unpaired) electrons. The van der Waals surface area contributed by atoms with E-state index in [2.05, 4.69) is 25.7 Å². The summed E-state index contributed by atoms with van der Waals surface area (Å²) in [7, 11) is 0. The number of aromatic amines is 1. The summed E-state index contributed by atoms with van der Waals surface area (Å²) < 4.78 is 5.72. The number of ether oxygens (including phenoxy) is 1. The molecular formula is C13H15N5O2. The highest BCUT2D eigenvalue weighted by Gasteiger charge is 2.41. The monoisotopic (exact) mass is 273 g/mol. The molecule has 1 saturated carbocycles. The van der Waals surface area contributed by atoms with Gasteiger partial charge in [-0.2, -0.15) is 10.3 Å². The highest BCUT2D eigenvalue weighted by Crippen LogP contribution is 2.38. The van der Waals surface area contributed by atoms with E-state index in [4.69, 9.17) is 4.74 Å². The smallest absolute Gasteiger partial charge is 0.270 e. The number of fused-ring (bicyclic) bond motifs is 1. The van der Waals surface area contributed by atoms with Crippen molar-refractivity contribution >= 4 is 17.1 Å². The van der Waals surface area contributed by atoms with Crippen LogP contribution < -0.4 is 5.32 Å². The van der Waals surface area contributed by atoms with Gasteiger partial charge in [0.1, 0.15) is 11.2 Å². The average Bonchev–Trinajstić information content (AvgIpc) is 3.01. The van der Waals surface area contributed by atoms with Gasteiger partial charge in [-0.1, -0.05) is 0 Å². The summed E-state index contributed by atoms with van der Waals surface area (Å²) in [4.78, 5) is 16.5. The Morgan fingerprint density at radius 3 is 3.05 bits per heavy atom. The van der Waals surface area contributed by atoms with Crippen molar-refractivity contribution in [3.05, 3.63) is 17.8 Å². The first-order valence-electron chi connectivity index (χ1n) is 6.91. The van der Waals surface area contributed by atoms with E-state index in [1.807, 2.05) is 0 Å². The van der Waals surface area contributed by atoms with E-state index in [9.17, 15) is 4.79 Å². The van der Waals surface area contributed by atoms with Crippen LogP contribution in [0, 0.1) is 5.92 Å². The van der Waals surface area contributed by atoms with Crippen LogP contribution in [0.1, 0.15) is 29.8 Å². The first kappa shape index (κ1) is 11.8. The van der Waals surface area contributed by atoms with E-state index in [0.717, 1.165) is 13.0 Å². The summed E-state index contributed by atoms with van der Waals surface area (Å²) in [6.45, 7) is 0.724. The largest absolute Gasteiger partial charge is 0.376 e. The molecule has 2 fully saturated rings. The molecule has 7 nitrogen and oxygen atoms in total. The van der Waals surface area contributed by atoms with Gasteiger partial charge < -0.3 is 10.1 Å². The number of H-pyrrole nitrogens is 1. The first-order chi connectivity index (χ1) is 9.81. The molecule has 2 aromatic rings. The lowest BCUT2D eigenvalue weighted by atomic mass is 10.1. The van der Waals surface area contributed by atoms with E-state index >= 15 is 0 Å². The number of carbonyl (C=O) groups excluding carboxylic acids is 1. The van der Waals surface area contributed by atoms with Crippen LogP contribution in [0.2, 0.25) is 0 Å². The number of nitrogens with one attached hydrogen (secondary N) is 2. The molecule has 4 rings (SSSR count). The minimum atomic E-state index is -0.170. The quantitative estimate of drug-likeness (QED) is 0.856. The van der Waals surface area contributed by atoms with Gasteiger partial charge in [-0.05, 0) is 37.3 Å². The summed E-state index contributed by atoms with van der Waals surface area (Å²) >= 11 is 0. The summed E-state index contributed by atoms with van der Waals surface area (Å²) in [6, 6.07) is 3.51. The molecule has 0 bridgehead atoms. The Kier molecular flexibility index (Phi) is 2.66. The second-order valence-corrected chi connectivity index (χ2v) is 5.40. The summed E-state index contributed by atoms with van der Waals surface area (Å²) in [5, 5.41) is 13.3. The van der Waals surface area contributed by atoms with Gasteiger partial charge in [0.05, 0.1) is 12.1 Å². The molecule has 2 N–H and O–H groups in total. The van der Waals surface area contributed by atoms with Gasteiger partial charge in [0, 0.05) is 6.61 Å². The molecule has 20 heavy (non-hydrogen) atoms. The van der Waals surface area contributed by atoms with E-state index in [1.165, 1.54) is 12.8 Å². The Morgan fingerprint density at radius 1 is 1.30 bits per heavy atom. The fraction of sp³-hybridized carbons (Fsp3) is 0.538. The Morgan fingerprint density at radius 2 is 2.20 bits per heavy atom. The maximum Gasteiger partial charge on any atom is 0.270 e. The van der Waals surface area contributed by atoms with Gasteiger partial charge in [0.15, 0.2) is 0 Å². The van der Waals surface area contributed by atoms with E-state index in [1.54, 1.807) is 12.1 Å². The van der Waals surface area contributed by atoms with Crippen molar-refractivity contribution in [1.29, 1.82) is 0 Å². The van der Waals surface area contributed by atoms with Gasteiger partial charge in [-0.3, -0.25) is 4.79 Å². The van der Waals surface area contributed by atoms with Crippen molar-refractivity contribution in [2.45, 2.75) is 31.4 Å². The molecule has 2 aliphatic rings. The number of rotatable bonds is 3. The van der Waals surface area contributed by atoms with Gasteiger partial charge in [-0.15, -0.1) is 5.10 Å². The van der Waals surface area contributed by atoms with E-state index in [-0.39, 0.29) is 18.1 Å². The standard InChI is InChI=1S/C13H15N5O2/c19-13(10-4-3-9-12(14-10)17-18-16-9)15-8-5-6-20-11(8)7-1-2-7/h3-4,7-8,11H,1-2,5-6H2,(H,15,19)(H,14,16,17,18). The third-order valence-electron chi connectivity index (χ3n) is 3.95. The minimum absolute atomic E-state index is 0.102. The molecule has 104 valence electrons. The SMILES string of the molecule is O=C(NC1CCOC1C1CC1)c1ccc2n[nH]nc2n1. The summed E-state index contributed by atoms with van der Waals surface area (Å²) in [5.41, 5.74) is 1.48. The molecule has 3 heterocycles. The lowest BCUT2D eigenvalue weighted by Crippen LogP contribution is -2.41. The van der Waals surface area contributed by atoms with Crippen LogP contribution in [0.15, 0.2) is 12.1 Å². The van der Waals surface area contributed by atoms with Crippen LogP contribution in [0.25, 0.3) is 11.2 Å². The topological polar surface area (TPSA) is 92.8 Å². The Balaban J connectivity index is 1.51. The van der Waals surface area contributed by atoms with Crippen LogP contribution in [0.4, 0.5) is 0 Å². The third-order valence-corrected chi connectivity index (χ3v) is 3.95. The van der Waals surface area contributed by atoms with Crippen LogP contribution in [-0.4, -0.2) is 45.1 Å². The second kappa shape index (κ2) is 4.52. The van der Waals surface area contributed by atoms with E-state index in [0.29, 0.717) is 22.8 Å². The minimum Gasteiger partial charge on any atom is -0.376 e. The lowest BCUT2D eigenvalue weighted by molar-refractivity contribution is 0.0727. The van der Waals surface area contributed by atoms with Gasteiger partial charge in [0.25, 0.3) is 5.91 Å². The third kappa shape index (κ3) is 2.03. The van der Waals surface area contributed by atoms with Crippen LogP contribution in [0.3, 0.4) is 0 Å². The zero-order chi connectivity index (χ0) is 13.5. The number of nitrogens with zero attached hydrogens (tertiary/aromatic N) is 3. The first-order valence-corrected chi connectivity index (χ1v) is 6.91. The molecule has 7 heteroatoms. The number of amides is 1.